The first-order valence-corrected chi connectivity index (χ1v) is 5.91. The number of amides is 1. The van der Waals surface area contributed by atoms with Crippen molar-refractivity contribution >= 4 is 11.6 Å². The second kappa shape index (κ2) is 4.00. The number of nitrogens with one attached hydrogen (secondary N) is 1. The van der Waals surface area contributed by atoms with Gasteiger partial charge in [-0.15, -0.1) is 0 Å². The van der Waals surface area contributed by atoms with Crippen molar-refractivity contribution in [1.29, 1.82) is 5.26 Å². The summed E-state index contributed by atoms with van der Waals surface area (Å²) < 4.78 is 5.82. The Morgan fingerprint density at radius 3 is 3.06 bits per heavy atom. The lowest BCUT2D eigenvalue weighted by Crippen LogP contribution is -2.46. The Bertz CT molecular complexity index is 537. The van der Waals surface area contributed by atoms with E-state index in [4.69, 9.17) is 10.00 Å². The smallest absolute Gasteiger partial charge is 0.258 e. The molecule has 0 aromatic heterocycles. The number of nitrogens with zero attached hydrogens (tertiary/aromatic N) is 2. The fourth-order valence-corrected chi connectivity index (χ4v) is 2.46. The molecular weight excluding hydrogens is 230 g/mol. The van der Waals surface area contributed by atoms with Crippen LogP contribution in [0.1, 0.15) is 12.0 Å². The summed E-state index contributed by atoms with van der Waals surface area (Å²) in [4.78, 5) is 13.9. The van der Waals surface area contributed by atoms with Crippen LogP contribution in [0.15, 0.2) is 24.3 Å². The zero-order chi connectivity index (χ0) is 12.6. The maximum atomic E-state index is 12.3. The molecule has 1 amide bonds. The van der Waals surface area contributed by atoms with Gasteiger partial charge in [0.25, 0.3) is 5.91 Å². The number of carbonyl (C=O) groups is 1. The molecule has 5 heteroatoms. The molecule has 1 fully saturated rings. The Hall–Kier alpha value is -2.06. The molecule has 2 aliphatic rings. The first-order chi connectivity index (χ1) is 8.73. The van der Waals surface area contributed by atoms with E-state index in [-0.39, 0.29) is 5.91 Å². The van der Waals surface area contributed by atoms with Crippen LogP contribution in [0, 0.1) is 11.5 Å². The molecule has 2 aliphatic heterocycles. The van der Waals surface area contributed by atoms with Gasteiger partial charge in [0, 0.05) is 24.2 Å². The lowest BCUT2D eigenvalue weighted by Gasteiger charge is -2.24. The summed E-state index contributed by atoms with van der Waals surface area (Å²) in [5.41, 5.74) is 0.891. The number of nitriles is 1. The second-order valence-corrected chi connectivity index (χ2v) is 4.67. The van der Waals surface area contributed by atoms with Gasteiger partial charge < -0.3 is 15.0 Å². The molecule has 1 unspecified atom stereocenters. The molecule has 1 aromatic rings. The minimum absolute atomic E-state index is 0.148. The summed E-state index contributed by atoms with van der Waals surface area (Å²) in [6.07, 6.45) is 2.63. The van der Waals surface area contributed by atoms with E-state index in [2.05, 4.69) is 11.5 Å². The Balaban J connectivity index is 1.90. The van der Waals surface area contributed by atoms with Crippen LogP contribution >= 0.6 is 0 Å². The molecule has 5 nitrogen and oxygen atoms in total. The Morgan fingerprint density at radius 2 is 2.28 bits per heavy atom. The van der Waals surface area contributed by atoms with Crippen molar-refractivity contribution < 1.29 is 9.53 Å². The van der Waals surface area contributed by atoms with Gasteiger partial charge in [0.1, 0.15) is 0 Å². The minimum Gasteiger partial charge on any atom is -0.358 e. The molecule has 0 bridgehead atoms. The largest absolute Gasteiger partial charge is 0.358 e. The summed E-state index contributed by atoms with van der Waals surface area (Å²) in [5, 5.41) is 11.8. The maximum absolute atomic E-state index is 12.3. The number of hydrogen-bond donors (Lipinski definition) is 1. The van der Waals surface area contributed by atoms with Crippen molar-refractivity contribution in [2.45, 2.75) is 18.6 Å². The number of carbonyl (C=O) groups excluding carboxylic acids is 1. The van der Waals surface area contributed by atoms with Gasteiger partial charge in [-0.2, -0.15) is 5.26 Å². The monoisotopic (exact) mass is 243 g/mol. The van der Waals surface area contributed by atoms with E-state index >= 15 is 0 Å². The number of likely N-dealkylation sites (tertiary alicyclic amines) is 1. The molecule has 1 saturated heterocycles. The van der Waals surface area contributed by atoms with Crippen LogP contribution in [0.2, 0.25) is 0 Å². The molecule has 1 aromatic carbocycles. The third kappa shape index (κ3) is 1.62. The number of anilines is 1. The van der Waals surface area contributed by atoms with Crippen LogP contribution in [-0.4, -0.2) is 29.5 Å². The van der Waals surface area contributed by atoms with Gasteiger partial charge in [-0.1, -0.05) is 18.2 Å². The maximum Gasteiger partial charge on any atom is 0.258 e. The quantitative estimate of drug-likeness (QED) is 0.692. The molecule has 2 heterocycles. The lowest BCUT2D eigenvalue weighted by molar-refractivity contribution is -0.140. The van der Waals surface area contributed by atoms with Crippen molar-refractivity contribution in [1.82, 2.24) is 4.90 Å². The molecule has 0 saturated carbocycles. The second-order valence-electron chi connectivity index (χ2n) is 4.67. The van der Waals surface area contributed by atoms with Gasteiger partial charge in [0.15, 0.2) is 11.8 Å². The minimum atomic E-state index is -0.880. The zero-order valence-corrected chi connectivity index (χ0v) is 9.85. The molecule has 1 N–H and O–H groups in total. The topological polar surface area (TPSA) is 65.4 Å². The van der Waals surface area contributed by atoms with Gasteiger partial charge in [0.05, 0.1) is 13.2 Å². The summed E-state index contributed by atoms with van der Waals surface area (Å²) in [6.45, 7) is 1.30. The normalized spacial score (nSPS) is 26.4. The van der Waals surface area contributed by atoms with E-state index in [1.54, 1.807) is 4.90 Å². The number of ether oxygens (including phenoxy) is 1. The summed E-state index contributed by atoms with van der Waals surface area (Å²) in [7, 11) is 0. The molecule has 1 atom stereocenters. The zero-order valence-electron chi connectivity index (χ0n) is 9.85. The first kappa shape index (κ1) is 11.1. The molecular formula is C13H13N3O2. The van der Waals surface area contributed by atoms with Crippen LogP contribution in [0.4, 0.5) is 5.69 Å². The van der Waals surface area contributed by atoms with Crippen molar-refractivity contribution in [3.8, 4) is 6.19 Å². The summed E-state index contributed by atoms with van der Waals surface area (Å²) in [6, 6.07) is 7.61. The van der Waals surface area contributed by atoms with Gasteiger partial charge in [0.2, 0.25) is 0 Å². The average Bonchev–Trinajstić information content (AvgIpc) is 2.76. The highest BCUT2D eigenvalue weighted by atomic mass is 16.5. The van der Waals surface area contributed by atoms with Crippen LogP contribution in [0.25, 0.3) is 0 Å². The number of rotatable bonds is 0. The van der Waals surface area contributed by atoms with Crippen LogP contribution in [0.5, 0.6) is 0 Å². The predicted molar refractivity (Wildman–Crippen MR) is 64.4 cm³/mol. The molecule has 0 radical (unpaired) electrons. The van der Waals surface area contributed by atoms with Gasteiger partial charge in [-0.05, 0) is 6.07 Å². The predicted octanol–water partition coefficient (Wildman–Crippen LogP) is 1.08. The van der Waals surface area contributed by atoms with E-state index < -0.39 is 5.60 Å². The fraction of sp³-hybridized carbons (Fsp3) is 0.385. The Labute approximate surface area is 105 Å². The number of para-hydroxylation sites is 1. The average molecular weight is 243 g/mol. The highest BCUT2D eigenvalue weighted by molar-refractivity contribution is 5.99. The van der Waals surface area contributed by atoms with E-state index in [1.807, 2.05) is 24.3 Å². The Morgan fingerprint density at radius 1 is 1.44 bits per heavy atom. The van der Waals surface area contributed by atoms with Crippen LogP contribution in [0.3, 0.4) is 0 Å². The highest BCUT2D eigenvalue weighted by Crippen LogP contribution is 2.32. The van der Waals surface area contributed by atoms with Gasteiger partial charge >= 0.3 is 0 Å². The van der Waals surface area contributed by atoms with Crippen molar-refractivity contribution in [3.63, 3.8) is 0 Å². The van der Waals surface area contributed by atoms with Crippen molar-refractivity contribution in [2.24, 2.45) is 0 Å². The van der Waals surface area contributed by atoms with E-state index in [9.17, 15) is 4.79 Å². The lowest BCUT2D eigenvalue weighted by atomic mass is 10.0. The Kier molecular flexibility index (Phi) is 2.46. The van der Waals surface area contributed by atoms with Crippen LogP contribution in [-0.2, 0) is 16.1 Å². The van der Waals surface area contributed by atoms with E-state index in [0.29, 0.717) is 26.1 Å². The van der Waals surface area contributed by atoms with Gasteiger partial charge in [-0.3, -0.25) is 4.79 Å². The number of benzene rings is 1. The van der Waals surface area contributed by atoms with E-state index in [1.165, 1.54) is 0 Å². The SMILES string of the molecule is N#CN1CCC2(C1)OCc1ccccc1NC2=O. The summed E-state index contributed by atoms with van der Waals surface area (Å²) >= 11 is 0. The third-order valence-electron chi connectivity index (χ3n) is 3.56. The highest BCUT2D eigenvalue weighted by Gasteiger charge is 2.47. The molecule has 92 valence electrons. The van der Waals surface area contributed by atoms with Crippen molar-refractivity contribution in [3.05, 3.63) is 29.8 Å². The third-order valence-corrected chi connectivity index (χ3v) is 3.56. The standard InChI is InChI=1S/C13H13N3O2/c14-9-16-6-5-13(8-16)12(17)15-11-4-2-1-3-10(11)7-18-13/h1-4H,5-8H2,(H,15,17). The number of hydrogen-bond acceptors (Lipinski definition) is 4. The fourth-order valence-electron chi connectivity index (χ4n) is 2.46. The molecule has 0 aliphatic carbocycles. The van der Waals surface area contributed by atoms with Crippen molar-refractivity contribution in [2.75, 3.05) is 18.4 Å². The van der Waals surface area contributed by atoms with E-state index in [0.717, 1.165) is 11.3 Å². The number of fused-ring (bicyclic) bond motifs is 1. The summed E-state index contributed by atoms with van der Waals surface area (Å²) in [5.74, 6) is -0.148. The van der Waals surface area contributed by atoms with Crippen LogP contribution < -0.4 is 5.32 Å². The molecule has 1 spiro atoms. The molecule has 3 rings (SSSR count). The van der Waals surface area contributed by atoms with Gasteiger partial charge in [-0.25, -0.2) is 0 Å². The first-order valence-electron chi connectivity index (χ1n) is 5.91. The molecule has 18 heavy (non-hydrogen) atoms.